The third kappa shape index (κ3) is 6.12. The topological polar surface area (TPSA) is 61.7 Å². The summed E-state index contributed by atoms with van der Waals surface area (Å²) in [4.78, 5) is 12.7. The first-order chi connectivity index (χ1) is 11.0. The first-order valence-corrected chi connectivity index (χ1v) is 9.86. The van der Waals surface area contributed by atoms with E-state index in [1.807, 2.05) is 40.8 Å². The molecule has 0 aliphatic rings. The second-order valence-corrected chi connectivity index (χ2v) is 8.25. The van der Waals surface area contributed by atoms with E-state index in [0.29, 0.717) is 10.6 Å². The van der Waals surface area contributed by atoms with Crippen LogP contribution in [-0.4, -0.2) is 23.0 Å². The zero-order chi connectivity index (χ0) is 16.8. The highest BCUT2D eigenvalue weighted by atomic mass is 127. The highest BCUT2D eigenvalue weighted by molar-refractivity contribution is 14.1. The fraction of sp³-hybridized carbons (Fsp3) is 0.0667. The lowest BCUT2D eigenvalue weighted by molar-refractivity contribution is -0.118. The molecule has 2 rings (SSSR count). The van der Waals surface area contributed by atoms with Crippen LogP contribution in [0.25, 0.3) is 0 Å². The summed E-state index contributed by atoms with van der Waals surface area (Å²) in [5, 5.41) is 14.5. The van der Waals surface area contributed by atoms with Crippen LogP contribution < -0.4 is 5.43 Å². The van der Waals surface area contributed by atoms with Crippen LogP contribution in [0.1, 0.15) is 5.56 Å². The molecule has 8 heteroatoms. The SMILES string of the molecule is O=C(CSc1ccc(Cl)cc1)N/N=C\c1cc(I)cc(I)c1O. The van der Waals surface area contributed by atoms with Gasteiger partial charge in [-0.2, -0.15) is 5.10 Å². The molecule has 0 saturated heterocycles. The van der Waals surface area contributed by atoms with Crippen LogP contribution in [0.4, 0.5) is 0 Å². The van der Waals surface area contributed by atoms with E-state index in [-0.39, 0.29) is 17.4 Å². The fourth-order valence-corrected chi connectivity index (χ4v) is 4.28. The van der Waals surface area contributed by atoms with E-state index in [4.69, 9.17) is 11.6 Å². The Morgan fingerprint density at radius 3 is 2.70 bits per heavy atom. The predicted octanol–water partition coefficient (Wildman–Crippen LogP) is 4.50. The Kier molecular flexibility index (Phi) is 7.44. The predicted molar refractivity (Wildman–Crippen MR) is 111 cm³/mol. The number of nitrogens with one attached hydrogen (secondary N) is 1. The summed E-state index contributed by atoms with van der Waals surface area (Å²) in [7, 11) is 0. The van der Waals surface area contributed by atoms with Crippen LogP contribution in [0.5, 0.6) is 5.75 Å². The second-order valence-electron chi connectivity index (χ2n) is 4.36. The van der Waals surface area contributed by atoms with Gasteiger partial charge in [0, 0.05) is 19.1 Å². The van der Waals surface area contributed by atoms with Gasteiger partial charge in [0.1, 0.15) is 5.75 Å². The number of benzene rings is 2. The summed E-state index contributed by atoms with van der Waals surface area (Å²) in [6.45, 7) is 0. The van der Waals surface area contributed by atoms with E-state index in [1.165, 1.54) is 18.0 Å². The molecule has 0 aromatic heterocycles. The number of hydrazone groups is 1. The minimum atomic E-state index is -0.221. The summed E-state index contributed by atoms with van der Waals surface area (Å²) < 4.78 is 1.72. The average Bonchev–Trinajstić information content (AvgIpc) is 2.51. The number of nitrogens with zero attached hydrogens (tertiary/aromatic N) is 1. The van der Waals surface area contributed by atoms with Crippen molar-refractivity contribution in [3.8, 4) is 5.75 Å². The van der Waals surface area contributed by atoms with Crippen LogP contribution in [0.15, 0.2) is 46.4 Å². The molecule has 0 fully saturated rings. The minimum Gasteiger partial charge on any atom is -0.506 e. The maximum Gasteiger partial charge on any atom is 0.250 e. The number of phenols is 1. The number of phenolic OH excluding ortho intramolecular Hbond substituents is 1. The van der Waals surface area contributed by atoms with Gasteiger partial charge in [-0.25, -0.2) is 5.43 Å². The third-order valence-electron chi connectivity index (χ3n) is 2.63. The molecule has 0 bridgehead atoms. The van der Waals surface area contributed by atoms with Crippen molar-refractivity contribution in [3.05, 3.63) is 54.1 Å². The molecule has 2 aromatic carbocycles. The molecule has 2 N–H and O–H groups in total. The molecular formula is C15H11ClI2N2O2S. The van der Waals surface area contributed by atoms with Gasteiger partial charge in [0.25, 0.3) is 0 Å². The summed E-state index contributed by atoms with van der Waals surface area (Å²) in [6.07, 6.45) is 1.44. The van der Waals surface area contributed by atoms with Gasteiger partial charge in [-0.05, 0) is 81.6 Å². The maximum absolute atomic E-state index is 11.8. The maximum atomic E-state index is 11.8. The van der Waals surface area contributed by atoms with Crippen molar-refractivity contribution in [1.29, 1.82) is 0 Å². The molecule has 2 aromatic rings. The Bertz CT molecular complexity index is 739. The molecule has 0 aliphatic carbocycles. The second kappa shape index (κ2) is 9.09. The first-order valence-electron chi connectivity index (χ1n) is 6.34. The summed E-state index contributed by atoms with van der Waals surface area (Å²) in [5.74, 6) is 0.176. The number of carbonyl (C=O) groups excluding carboxylic acids is 1. The summed E-state index contributed by atoms with van der Waals surface area (Å²) in [5.41, 5.74) is 3.01. The van der Waals surface area contributed by atoms with Crippen LogP contribution in [0.3, 0.4) is 0 Å². The molecule has 0 saturated carbocycles. The van der Waals surface area contributed by atoms with Crippen molar-refractivity contribution in [2.45, 2.75) is 4.90 Å². The standard InChI is InChI=1S/C15H11ClI2N2O2S/c16-10-1-3-12(4-2-10)23-8-14(21)20-19-7-9-5-11(17)6-13(18)15(9)22/h1-7,22H,8H2,(H,20,21)/b19-7-. The van der Waals surface area contributed by atoms with Crippen molar-refractivity contribution in [2.75, 3.05) is 5.75 Å². The monoisotopic (exact) mass is 572 g/mol. The van der Waals surface area contributed by atoms with Gasteiger partial charge < -0.3 is 5.11 Å². The van der Waals surface area contributed by atoms with Crippen LogP contribution in [-0.2, 0) is 4.79 Å². The van der Waals surface area contributed by atoms with Crippen molar-refractivity contribution < 1.29 is 9.90 Å². The number of halogens is 3. The van der Waals surface area contributed by atoms with Crippen LogP contribution in [0.2, 0.25) is 5.02 Å². The van der Waals surface area contributed by atoms with E-state index >= 15 is 0 Å². The quantitative estimate of drug-likeness (QED) is 0.240. The first kappa shape index (κ1) is 18.8. The van der Waals surface area contributed by atoms with Crippen LogP contribution >= 0.6 is 68.5 Å². The molecule has 0 unspecified atom stereocenters. The van der Waals surface area contributed by atoms with Crippen molar-refractivity contribution >= 4 is 80.7 Å². The number of hydrogen-bond donors (Lipinski definition) is 2. The van der Waals surface area contributed by atoms with Gasteiger partial charge in [0.15, 0.2) is 0 Å². The number of aromatic hydroxyl groups is 1. The third-order valence-corrected chi connectivity index (χ3v) is 5.34. The van der Waals surface area contributed by atoms with Crippen LogP contribution in [0, 0.1) is 7.14 Å². The van der Waals surface area contributed by atoms with Gasteiger partial charge in [0.05, 0.1) is 15.5 Å². The average molecular weight is 573 g/mol. The molecule has 0 radical (unpaired) electrons. The molecular weight excluding hydrogens is 562 g/mol. The van der Waals surface area contributed by atoms with E-state index in [1.54, 1.807) is 18.2 Å². The number of thioether (sulfide) groups is 1. The zero-order valence-corrected chi connectivity index (χ0v) is 17.5. The number of amides is 1. The number of hydrogen-bond acceptors (Lipinski definition) is 4. The Hall–Kier alpha value is -0.520. The lowest BCUT2D eigenvalue weighted by atomic mass is 10.2. The molecule has 0 atom stereocenters. The van der Waals surface area contributed by atoms with Gasteiger partial charge in [0.2, 0.25) is 5.91 Å². The van der Waals surface area contributed by atoms with E-state index in [2.05, 4.69) is 33.1 Å². The summed E-state index contributed by atoms with van der Waals surface area (Å²) in [6, 6.07) is 10.9. The number of carbonyl (C=O) groups is 1. The van der Waals surface area contributed by atoms with E-state index in [9.17, 15) is 9.90 Å². The lowest BCUT2D eigenvalue weighted by Gasteiger charge is -2.03. The van der Waals surface area contributed by atoms with E-state index < -0.39 is 0 Å². The number of rotatable bonds is 5. The van der Waals surface area contributed by atoms with Gasteiger partial charge in [-0.15, -0.1) is 11.8 Å². The molecule has 0 spiro atoms. The van der Waals surface area contributed by atoms with Crippen molar-refractivity contribution in [1.82, 2.24) is 5.43 Å². The molecule has 1 amide bonds. The van der Waals surface area contributed by atoms with E-state index in [0.717, 1.165) is 12.0 Å². The van der Waals surface area contributed by atoms with Crippen molar-refractivity contribution in [3.63, 3.8) is 0 Å². The summed E-state index contributed by atoms with van der Waals surface area (Å²) >= 11 is 11.4. The smallest absolute Gasteiger partial charge is 0.250 e. The highest BCUT2D eigenvalue weighted by Gasteiger charge is 2.06. The van der Waals surface area contributed by atoms with Gasteiger partial charge >= 0.3 is 0 Å². The lowest BCUT2D eigenvalue weighted by Crippen LogP contribution is -2.19. The largest absolute Gasteiger partial charge is 0.506 e. The molecule has 0 aliphatic heterocycles. The van der Waals surface area contributed by atoms with Gasteiger partial charge in [-0.3, -0.25) is 4.79 Å². The highest BCUT2D eigenvalue weighted by Crippen LogP contribution is 2.25. The Morgan fingerprint density at radius 2 is 2.00 bits per heavy atom. The Balaban J connectivity index is 1.88. The van der Waals surface area contributed by atoms with Gasteiger partial charge in [-0.1, -0.05) is 11.6 Å². The molecule has 0 heterocycles. The van der Waals surface area contributed by atoms with Crippen molar-refractivity contribution in [2.24, 2.45) is 5.10 Å². The molecule has 4 nitrogen and oxygen atoms in total. The Morgan fingerprint density at radius 1 is 1.30 bits per heavy atom. The Labute approximate surface area is 170 Å². The zero-order valence-electron chi connectivity index (χ0n) is 11.6. The fourth-order valence-electron chi connectivity index (χ4n) is 1.57. The normalized spacial score (nSPS) is 10.9. The molecule has 23 heavy (non-hydrogen) atoms. The minimum absolute atomic E-state index is 0.152. The molecule has 120 valence electrons.